The van der Waals surface area contributed by atoms with E-state index in [4.69, 9.17) is 4.74 Å². The SMILES string of the molecule is CNC(=O)c1ccc(NC(=O)c2ccc(Oc3cccc(Br)c3)nc2)c(C)c1. The molecule has 2 amide bonds. The highest BCUT2D eigenvalue weighted by molar-refractivity contribution is 9.10. The van der Waals surface area contributed by atoms with Crippen LogP contribution in [0.15, 0.2) is 65.3 Å². The zero-order chi connectivity index (χ0) is 20.1. The minimum absolute atomic E-state index is 0.175. The summed E-state index contributed by atoms with van der Waals surface area (Å²) in [6, 6.07) is 15.8. The van der Waals surface area contributed by atoms with Crippen LogP contribution < -0.4 is 15.4 Å². The predicted octanol–water partition coefficient (Wildman–Crippen LogP) is 4.56. The highest BCUT2D eigenvalue weighted by atomic mass is 79.9. The second-order valence-electron chi connectivity index (χ2n) is 6.01. The standard InChI is InChI=1S/C21H18BrN3O3/c1-13-10-14(20(26)23-2)6-8-18(13)25-21(27)15-7-9-19(24-12-15)28-17-5-3-4-16(22)11-17/h3-12H,1-2H3,(H,23,26)(H,25,27). The summed E-state index contributed by atoms with van der Waals surface area (Å²) in [5.74, 6) is 0.565. The molecule has 0 aliphatic rings. The zero-order valence-electron chi connectivity index (χ0n) is 15.3. The monoisotopic (exact) mass is 439 g/mol. The Labute approximate surface area is 171 Å². The smallest absolute Gasteiger partial charge is 0.257 e. The Kier molecular flexibility index (Phi) is 6.06. The third-order valence-corrected chi connectivity index (χ3v) is 4.47. The largest absolute Gasteiger partial charge is 0.439 e. The second-order valence-corrected chi connectivity index (χ2v) is 6.92. The van der Waals surface area contributed by atoms with Gasteiger partial charge in [-0.1, -0.05) is 22.0 Å². The van der Waals surface area contributed by atoms with Gasteiger partial charge in [0.2, 0.25) is 5.88 Å². The van der Waals surface area contributed by atoms with E-state index in [9.17, 15) is 9.59 Å². The van der Waals surface area contributed by atoms with Gasteiger partial charge in [0.1, 0.15) is 5.75 Å². The average molecular weight is 440 g/mol. The number of ether oxygens (including phenoxy) is 1. The number of aryl methyl sites for hydroxylation is 1. The van der Waals surface area contributed by atoms with Crippen LogP contribution in [0.5, 0.6) is 11.6 Å². The molecule has 3 aromatic rings. The van der Waals surface area contributed by atoms with Gasteiger partial charge in [-0.15, -0.1) is 0 Å². The van der Waals surface area contributed by atoms with Crippen LogP contribution in [0.2, 0.25) is 0 Å². The number of carbonyl (C=O) groups excluding carboxylic acids is 2. The molecule has 7 heteroatoms. The molecule has 3 rings (SSSR count). The van der Waals surface area contributed by atoms with Crippen molar-refractivity contribution < 1.29 is 14.3 Å². The Morgan fingerprint density at radius 1 is 1.00 bits per heavy atom. The highest BCUT2D eigenvalue weighted by Crippen LogP contribution is 2.23. The first-order chi connectivity index (χ1) is 13.5. The first kappa shape index (κ1) is 19.6. The number of halogens is 1. The Morgan fingerprint density at radius 2 is 1.79 bits per heavy atom. The van der Waals surface area contributed by atoms with Gasteiger partial charge in [-0.3, -0.25) is 9.59 Å². The summed E-state index contributed by atoms with van der Waals surface area (Å²) in [5, 5.41) is 5.40. The van der Waals surface area contributed by atoms with Gasteiger partial charge in [0.05, 0.1) is 5.56 Å². The fourth-order valence-corrected chi connectivity index (χ4v) is 2.89. The number of aromatic nitrogens is 1. The molecule has 2 aromatic carbocycles. The average Bonchev–Trinajstić information content (AvgIpc) is 2.69. The maximum atomic E-state index is 12.5. The van der Waals surface area contributed by atoms with E-state index in [0.717, 1.165) is 10.0 Å². The summed E-state index contributed by atoms with van der Waals surface area (Å²) in [5.41, 5.74) is 2.36. The van der Waals surface area contributed by atoms with E-state index in [1.54, 1.807) is 37.4 Å². The van der Waals surface area contributed by atoms with Crippen molar-refractivity contribution in [2.24, 2.45) is 0 Å². The number of nitrogens with one attached hydrogen (secondary N) is 2. The first-order valence-corrected chi connectivity index (χ1v) is 9.29. The number of benzene rings is 2. The van der Waals surface area contributed by atoms with Gasteiger partial charge in [0.15, 0.2) is 0 Å². The lowest BCUT2D eigenvalue weighted by Gasteiger charge is -2.10. The molecule has 1 aromatic heterocycles. The van der Waals surface area contributed by atoms with E-state index in [0.29, 0.717) is 28.4 Å². The lowest BCUT2D eigenvalue weighted by molar-refractivity contribution is 0.0962. The predicted molar refractivity (Wildman–Crippen MR) is 111 cm³/mol. The number of pyridine rings is 1. The highest BCUT2D eigenvalue weighted by Gasteiger charge is 2.11. The van der Waals surface area contributed by atoms with E-state index < -0.39 is 0 Å². The van der Waals surface area contributed by atoms with E-state index >= 15 is 0 Å². The molecule has 2 N–H and O–H groups in total. The maximum Gasteiger partial charge on any atom is 0.257 e. The van der Waals surface area contributed by atoms with Crippen molar-refractivity contribution in [3.05, 3.63) is 82.0 Å². The van der Waals surface area contributed by atoms with Crippen molar-refractivity contribution in [1.29, 1.82) is 0 Å². The molecular formula is C21H18BrN3O3. The van der Waals surface area contributed by atoms with Crippen LogP contribution in [0, 0.1) is 6.92 Å². The lowest BCUT2D eigenvalue weighted by atomic mass is 10.1. The molecule has 6 nitrogen and oxygen atoms in total. The molecule has 0 bridgehead atoms. The van der Waals surface area contributed by atoms with Crippen LogP contribution in [0.1, 0.15) is 26.3 Å². The molecule has 0 unspecified atom stereocenters. The van der Waals surface area contributed by atoms with Gasteiger partial charge in [0.25, 0.3) is 11.8 Å². The molecule has 0 saturated heterocycles. The molecule has 0 aliphatic heterocycles. The fourth-order valence-electron chi connectivity index (χ4n) is 2.51. The van der Waals surface area contributed by atoms with Crippen LogP contribution in [0.25, 0.3) is 0 Å². The van der Waals surface area contributed by atoms with Crippen LogP contribution in [0.3, 0.4) is 0 Å². The summed E-state index contributed by atoms with van der Waals surface area (Å²) in [4.78, 5) is 28.3. The van der Waals surface area contributed by atoms with Crippen molar-refractivity contribution >= 4 is 33.4 Å². The topological polar surface area (TPSA) is 80.3 Å². The third-order valence-electron chi connectivity index (χ3n) is 3.98. The van der Waals surface area contributed by atoms with E-state index in [2.05, 4.69) is 31.5 Å². The van der Waals surface area contributed by atoms with Gasteiger partial charge in [-0.05, 0) is 55.0 Å². The molecule has 0 aliphatic carbocycles. The van der Waals surface area contributed by atoms with Gasteiger partial charge >= 0.3 is 0 Å². The van der Waals surface area contributed by atoms with Crippen molar-refractivity contribution in [1.82, 2.24) is 10.3 Å². The van der Waals surface area contributed by atoms with E-state index in [1.807, 2.05) is 31.2 Å². The molecule has 28 heavy (non-hydrogen) atoms. The van der Waals surface area contributed by atoms with Crippen LogP contribution >= 0.6 is 15.9 Å². The number of rotatable bonds is 5. The van der Waals surface area contributed by atoms with Gasteiger partial charge < -0.3 is 15.4 Å². The number of nitrogens with zero attached hydrogens (tertiary/aromatic N) is 1. The summed E-state index contributed by atoms with van der Waals surface area (Å²) in [7, 11) is 1.57. The number of hydrogen-bond acceptors (Lipinski definition) is 4. The third kappa shape index (κ3) is 4.75. The van der Waals surface area contributed by atoms with Crippen LogP contribution in [0.4, 0.5) is 5.69 Å². The summed E-state index contributed by atoms with van der Waals surface area (Å²) < 4.78 is 6.57. The molecule has 0 radical (unpaired) electrons. The second kappa shape index (κ2) is 8.67. The van der Waals surface area contributed by atoms with Crippen molar-refractivity contribution in [2.75, 3.05) is 12.4 Å². The molecular weight excluding hydrogens is 422 g/mol. The zero-order valence-corrected chi connectivity index (χ0v) is 16.9. The molecule has 0 spiro atoms. The minimum atomic E-state index is -0.294. The lowest BCUT2D eigenvalue weighted by Crippen LogP contribution is -2.18. The van der Waals surface area contributed by atoms with Crippen LogP contribution in [-0.2, 0) is 0 Å². The first-order valence-electron chi connectivity index (χ1n) is 8.50. The van der Waals surface area contributed by atoms with Crippen molar-refractivity contribution in [3.8, 4) is 11.6 Å². The summed E-state index contributed by atoms with van der Waals surface area (Å²) in [6.07, 6.45) is 1.46. The molecule has 142 valence electrons. The Hall–Kier alpha value is -3.19. The Bertz CT molecular complexity index is 1020. The quantitative estimate of drug-likeness (QED) is 0.610. The summed E-state index contributed by atoms with van der Waals surface area (Å²) in [6.45, 7) is 1.83. The van der Waals surface area contributed by atoms with Gasteiger partial charge in [0, 0.05) is 35.0 Å². The van der Waals surface area contributed by atoms with Gasteiger partial charge in [-0.2, -0.15) is 0 Å². The fraction of sp³-hybridized carbons (Fsp3) is 0.0952. The molecule has 0 saturated carbocycles. The number of carbonyl (C=O) groups is 2. The normalized spacial score (nSPS) is 10.2. The van der Waals surface area contributed by atoms with E-state index in [-0.39, 0.29) is 11.8 Å². The van der Waals surface area contributed by atoms with Gasteiger partial charge in [-0.25, -0.2) is 4.98 Å². The number of amides is 2. The Balaban J connectivity index is 1.69. The summed E-state index contributed by atoms with van der Waals surface area (Å²) >= 11 is 3.38. The minimum Gasteiger partial charge on any atom is -0.439 e. The maximum absolute atomic E-state index is 12.5. The van der Waals surface area contributed by atoms with Crippen molar-refractivity contribution in [2.45, 2.75) is 6.92 Å². The molecule has 0 fully saturated rings. The molecule has 0 atom stereocenters. The molecule has 1 heterocycles. The van der Waals surface area contributed by atoms with Crippen LogP contribution in [-0.4, -0.2) is 23.8 Å². The number of hydrogen-bond donors (Lipinski definition) is 2. The van der Waals surface area contributed by atoms with Crippen molar-refractivity contribution in [3.63, 3.8) is 0 Å². The van der Waals surface area contributed by atoms with E-state index in [1.165, 1.54) is 6.20 Å². The Morgan fingerprint density at radius 3 is 2.43 bits per heavy atom. The number of anilines is 1.